The van der Waals surface area contributed by atoms with Crippen LogP contribution in [0.4, 0.5) is 4.39 Å². The van der Waals surface area contributed by atoms with Gasteiger partial charge < -0.3 is 9.64 Å². The van der Waals surface area contributed by atoms with Crippen LogP contribution < -0.4 is 0 Å². The molecule has 0 aliphatic carbocycles. The SMILES string of the molecule is CCOC(=O)[C@H]1CCCN(C(=O)c2cc3c(C)nn(Cc4ccc(F)cc4)c3s2)C1. The topological polar surface area (TPSA) is 64.4 Å². The highest BCUT2D eigenvalue weighted by molar-refractivity contribution is 7.20. The van der Waals surface area contributed by atoms with Crippen LogP contribution in [0.2, 0.25) is 0 Å². The van der Waals surface area contributed by atoms with Crippen molar-refractivity contribution in [3.05, 3.63) is 52.3 Å². The Morgan fingerprint density at radius 1 is 1.30 bits per heavy atom. The summed E-state index contributed by atoms with van der Waals surface area (Å²) in [5.41, 5.74) is 1.79. The zero-order valence-corrected chi connectivity index (χ0v) is 17.9. The normalized spacial score (nSPS) is 16.8. The Kier molecular flexibility index (Phi) is 5.85. The zero-order chi connectivity index (χ0) is 21.3. The summed E-state index contributed by atoms with van der Waals surface area (Å²) in [7, 11) is 0. The Morgan fingerprint density at radius 3 is 2.80 bits per heavy atom. The van der Waals surface area contributed by atoms with Crippen molar-refractivity contribution < 1.29 is 18.7 Å². The third-order valence-corrected chi connectivity index (χ3v) is 6.53. The maximum Gasteiger partial charge on any atom is 0.310 e. The van der Waals surface area contributed by atoms with E-state index in [0.29, 0.717) is 31.1 Å². The summed E-state index contributed by atoms with van der Waals surface area (Å²) in [5.74, 6) is -0.810. The lowest BCUT2D eigenvalue weighted by Crippen LogP contribution is -2.42. The number of hydrogen-bond acceptors (Lipinski definition) is 5. The first-order valence-electron chi connectivity index (χ1n) is 10.1. The smallest absolute Gasteiger partial charge is 0.310 e. The summed E-state index contributed by atoms with van der Waals surface area (Å²) in [4.78, 5) is 28.5. The number of carbonyl (C=O) groups excluding carboxylic acids is 2. The van der Waals surface area contributed by atoms with Gasteiger partial charge in [-0.05, 0) is 50.5 Å². The van der Waals surface area contributed by atoms with Crippen LogP contribution in [0.3, 0.4) is 0 Å². The van der Waals surface area contributed by atoms with Crippen molar-refractivity contribution in [3.63, 3.8) is 0 Å². The van der Waals surface area contributed by atoms with Crippen LogP contribution >= 0.6 is 11.3 Å². The van der Waals surface area contributed by atoms with Gasteiger partial charge in [0.15, 0.2) is 0 Å². The molecule has 1 aliphatic rings. The second-order valence-electron chi connectivity index (χ2n) is 7.54. The number of esters is 1. The molecule has 0 radical (unpaired) electrons. The molecule has 1 aliphatic heterocycles. The number of rotatable bonds is 5. The van der Waals surface area contributed by atoms with Crippen LogP contribution in [-0.2, 0) is 16.1 Å². The highest BCUT2D eigenvalue weighted by Crippen LogP contribution is 2.31. The Balaban J connectivity index is 1.55. The van der Waals surface area contributed by atoms with Crippen LogP contribution in [0.5, 0.6) is 0 Å². The fourth-order valence-electron chi connectivity index (χ4n) is 3.86. The van der Waals surface area contributed by atoms with Gasteiger partial charge in [0.2, 0.25) is 0 Å². The Bertz CT molecular complexity index is 1070. The second-order valence-corrected chi connectivity index (χ2v) is 8.57. The molecule has 3 aromatic rings. The van der Waals surface area contributed by atoms with Gasteiger partial charge in [-0.1, -0.05) is 12.1 Å². The molecule has 0 bridgehead atoms. The van der Waals surface area contributed by atoms with E-state index in [9.17, 15) is 14.0 Å². The van der Waals surface area contributed by atoms with E-state index in [2.05, 4.69) is 5.10 Å². The largest absolute Gasteiger partial charge is 0.466 e. The van der Waals surface area contributed by atoms with Crippen LogP contribution in [0.15, 0.2) is 30.3 Å². The van der Waals surface area contributed by atoms with Crippen LogP contribution in [0.1, 0.15) is 40.7 Å². The third-order valence-electron chi connectivity index (χ3n) is 5.39. The lowest BCUT2D eigenvalue weighted by atomic mass is 9.98. The van der Waals surface area contributed by atoms with Crippen molar-refractivity contribution in [1.29, 1.82) is 0 Å². The number of carbonyl (C=O) groups is 2. The van der Waals surface area contributed by atoms with Crippen LogP contribution in [-0.4, -0.2) is 46.3 Å². The molecule has 1 amide bonds. The van der Waals surface area contributed by atoms with E-state index in [-0.39, 0.29) is 23.6 Å². The van der Waals surface area contributed by atoms with Crippen molar-refractivity contribution in [1.82, 2.24) is 14.7 Å². The van der Waals surface area contributed by atoms with Gasteiger partial charge in [0.25, 0.3) is 5.91 Å². The number of halogens is 1. The highest BCUT2D eigenvalue weighted by atomic mass is 32.1. The average Bonchev–Trinajstić information content (AvgIpc) is 3.31. The number of thiophene rings is 1. The van der Waals surface area contributed by atoms with Gasteiger partial charge >= 0.3 is 5.97 Å². The summed E-state index contributed by atoms with van der Waals surface area (Å²) in [6.45, 7) is 5.60. The van der Waals surface area contributed by atoms with Crippen molar-refractivity contribution in [3.8, 4) is 0 Å². The van der Waals surface area contributed by atoms with Gasteiger partial charge in [-0.2, -0.15) is 5.10 Å². The minimum Gasteiger partial charge on any atom is -0.466 e. The fourth-order valence-corrected chi connectivity index (χ4v) is 4.99. The molecule has 1 saturated heterocycles. The van der Waals surface area contributed by atoms with Crippen molar-refractivity contribution in [2.45, 2.75) is 33.2 Å². The molecular formula is C22H24FN3O3S. The first kappa shape index (κ1) is 20.5. The summed E-state index contributed by atoms with van der Waals surface area (Å²) in [5, 5.41) is 5.53. The number of amides is 1. The van der Waals surface area contributed by atoms with Gasteiger partial charge in [-0.25, -0.2) is 4.39 Å². The molecule has 0 N–H and O–H groups in total. The minimum atomic E-state index is -0.271. The molecule has 1 aromatic carbocycles. The molecule has 6 nitrogen and oxygen atoms in total. The third kappa shape index (κ3) is 4.09. The van der Waals surface area contributed by atoms with Crippen LogP contribution in [0.25, 0.3) is 10.2 Å². The lowest BCUT2D eigenvalue weighted by molar-refractivity contribution is -0.149. The van der Waals surface area contributed by atoms with Gasteiger partial charge in [0, 0.05) is 18.5 Å². The van der Waals surface area contributed by atoms with E-state index in [1.165, 1.54) is 23.5 Å². The molecule has 0 saturated carbocycles. The quantitative estimate of drug-likeness (QED) is 0.575. The summed E-state index contributed by atoms with van der Waals surface area (Å²) >= 11 is 1.41. The predicted octanol–water partition coefficient (Wildman–Crippen LogP) is 4.01. The highest BCUT2D eigenvalue weighted by Gasteiger charge is 2.30. The first-order valence-corrected chi connectivity index (χ1v) is 10.9. The maximum absolute atomic E-state index is 13.2. The lowest BCUT2D eigenvalue weighted by Gasteiger charge is -2.31. The van der Waals surface area contributed by atoms with E-state index < -0.39 is 0 Å². The van der Waals surface area contributed by atoms with Crippen molar-refractivity contribution >= 4 is 33.4 Å². The number of nitrogens with zero attached hydrogens (tertiary/aromatic N) is 3. The maximum atomic E-state index is 13.2. The number of piperidine rings is 1. The van der Waals surface area contributed by atoms with E-state index in [0.717, 1.165) is 34.3 Å². The van der Waals surface area contributed by atoms with Crippen LogP contribution in [0, 0.1) is 18.7 Å². The molecule has 158 valence electrons. The van der Waals surface area contributed by atoms with Gasteiger partial charge in [0.05, 0.1) is 29.6 Å². The Hall–Kier alpha value is -2.74. The summed E-state index contributed by atoms with van der Waals surface area (Å²) in [6.07, 6.45) is 1.54. The molecular weight excluding hydrogens is 405 g/mol. The van der Waals surface area contributed by atoms with Crippen molar-refractivity contribution in [2.75, 3.05) is 19.7 Å². The van der Waals surface area contributed by atoms with E-state index in [1.807, 2.05) is 17.7 Å². The first-order chi connectivity index (χ1) is 14.5. The molecule has 1 atom stereocenters. The number of hydrogen-bond donors (Lipinski definition) is 0. The molecule has 4 rings (SSSR count). The zero-order valence-electron chi connectivity index (χ0n) is 17.1. The molecule has 0 spiro atoms. The second kappa shape index (κ2) is 8.55. The number of fused-ring (bicyclic) bond motifs is 1. The molecule has 2 aromatic heterocycles. The van der Waals surface area contributed by atoms with Gasteiger partial charge in [-0.15, -0.1) is 11.3 Å². The Morgan fingerprint density at radius 2 is 2.07 bits per heavy atom. The fraction of sp³-hybridized carbons (Fsp3) is 0.409. The number of likely N-dealkylation sites (tertiary alicyclic amines) is 1. The van der Waals surface area contributed by atoms with E-state index in [4.69, 9.17) is 4.74 Å². The molecule has 3 heterocycles. The monoisotopic (exact) mass is 429 g/mol. The van der Waals surface area contributed by atoms with Gasteiger partial charge in [0.1, 0.15) is 10.6 Å². The summed E-state index contributed by atoms with van der Waals surface area (Å²) < 4.78 is 20.2. The number of aromatic nitrogens is 2. The minimum absolute atomic E-state index is 0.0575. The standard InChI is InChI=1S/C22H24FN3O3S/c1-3-29-22(28)16-5-4-10-25(13-16)20(27)19-11-18-14(2)24-26(21(18)30-19)12-15-6-8-17(23)9-7-15/h6-9,11,16H,3-5,10,12-13H2,1-2H3/t16-/m0/s1. The molecule has 8 heteroatoms. The molecule has 1 fully saturated rings. The van der Waals surface area contributed by atoms with Gasteiger partial charge in [-0.3, -0.25) is 14.3 Å². The number of aryl methyl sites for hydroxylation is 1. The number of benzene rings is 1. The summed E-state index contributed by atoms with van der Waals surface area (Å²) in [6, 6.07) is 8.23. The molecule has 0 unspecified atom stereocenters. The molecule has 30 heavy (non-hydrogen) atoms. The van der Waals surface area contributed by atoms with E-state index in [1.54, 1.807) is 24.0 Å². The number of ether oxygens (including phenoxy) is 1. The van der Waals surface area contributed by atoms with E-state index >= 15 is 0 Å². The van der Waals surface area contributed by atoms with Crippen molar-refractivity contribution in [2.24, 2.45) is 5.92 Å². The Labute approximate surface area is 178 Å². The predicted molar refractivity (Wildman–Crippen MR) is 113 cm³/mol. The average molecular weight is 430 g/mol.